The van der Waals surface area contributed by atoms with Gasteiger partial charge in [-0.1, -0.05) is 0 Å². The average Bonchev–Trinajstić information content (AvgIpc) is 2.74. The first-order valence-corrected chi connectivity index (χ1v) is 12.5. The Balaban J connectivity index is 1.70. The summed E-state index contributed by atoms with van der Waals surface area (Å²) in [6, 6.07) is 5.71. The lowest BCUT2D eigenvalue weighted by atomic mass is 9.98. The van der Waals surface area contributed by atoms with Crippen molar-refractivity contribution in [2.75, 3.05) is 30.0 Å². The molecule has 1 aliphatic heterocycles. The van der Waals surface area contributed by atoms with Crippen LogP contribution in [0.4, 0.5) is 23.0 Å². The van der Waals surface area contributed by atoms with Gasteiger partial charge in [0.1, 0.15) is 6.33 Å². The zero-order chi connectivity index (χ0) is 25.1. The van der Waals surface area contributed by atoms with Crippen LogP contribution in [0.3, 0.4) is 0 Å². The van der Waals surface area contributed by atoms with Gasteiger partial charge >= 0.3 is 11.7 Å². The van der Waals surface area contributed by atoms with Crippen LogP contribution in [0.25, 0.3) is 0 Å². The van der Waals surface area contributed by atoms with Crippen LogP contribution in [0.1, 0.15) is 33.6 Å². The molecule has 0 atom stereocenters. The normalized spacial score (nSPS) is 15.5. The maximum absolute atomic E-state index is 12.1. The van der Waals surface area contributed by atoms with E-state index in [1.807, 2.05) is 0 Å². The number of carbonyl (C=O) groups is 1. The van der Waals surface area contributed by atoms with E-state index in [-0.39, 0.29) is 34.2 Å². The Morgan fingerprint density at radius 1 is 1.15 bits per heavy atom. The molecule has 1 aliphatic rings. The summed E-state index contributed by atoms with van der Waals surface area (Å²) in [6.45, 7) is 6.31. The quantitative estimate of drug-likeness (QED) is 0.432. The molecule has 0 saturated carbocycles. The average molecular weight is 493 g/mol. The molecule has 0 bridgehead atoms. The molecule has 12 nitrogen and oxygen atoms in total. The van der Waals surface area contributed by atoms with Gasteiger partial charge in [0, 0.05) is 31.1 Å². The fourth-order valence-corrected chi connectivity index (χ4v) is 3.84. The number of piperidine rings is 1. The van der Waals surface area contributed by atoms with Crippen molar-refractivity contribution in [1.82, 2.24) is 15.0 Å². The number of carbonyl (C=O) groups excluding carboxylic acids is 1. The molecule has 1 aromatic carbocycles. The van der Waals surface area contributed by atoms with E-state index in [1.165, 1.54) is 30.6 Å². The zero-order valence-electron chi connectivity index (χ0n) is 19.4. The molecule has 1 aromatic heterocycles. The number of sulfone groups is 1. The monoisotopic (exact) mass is 492 g/mol. The number of hydrogen-bond acceptors (Lipinski definition) is 11. The summed E-state index contributed by atoms with van der Waals surface area (Å²) in [5.74, 6) is -0.267. The van der Waals surface area contributed by atoms with Crippen molar-refractivity contribution in [2.24, 2.45) is 5.41 Å². The van der Waals surface area contributed by atoms with Crippen molar-refractivity contribution >= 4 is 38.8 Å². The van der Waals surface area contributed by atoms with Crippen LogP contribution in [-0.2, 0) is 19.5 Å². The first-order valence-electron chi connectivity index (χ1n) is 10.6. The molecule has 0 radical (unpaired) electrons. The molecule has 184 valence electrons. The number of benzene rings is 1. The highest BCUT2D eigenvalue weighted by Gasteiger charge is 2.30. The number of anilines is 3. The Bertz CT molecular complexity index is 1160. The highest BCUT2D eigenvalue weighted by Crippen LogP contribution is 2.32. The number of hydroxylamine groups is 2. The molecule has 13 heteroatoms. The number of nitro groups is 1. The van der Waals surface area contributed by atoms with Gasteiger partial charge in [0.25, 0.3) is 0 Å². The largest absolute Gasteiger partial charge is 0.367 e. The summed E-state index contributed by atoms with van der Waals surface area (Å²) >= 11 is 0. The van der Waals surface area contributed by atoms with Gasteiger partial charge < -0.3 is 15.5 Å². The fraction of sp³-hybridized carbons (Fsp3) is 0.476. The summed E-state index contributed by atoms with van der Waals surface area (Å²) in [6.07, 6.45) is 3.49. The molecule has 0 spiro atoms. The molecule has 0 amide bonds. The zero-order valence-corrected chi connectivity index (χ0v) is 20.3. The van der Waals surface area contributed by atoms with Gasteiger partial charge in [-0.25, -0.2) is 23.2 Å². The number of nitrogens with zero attached hydrogens (tertiary/aromatic N) is 4. The molecule has 2 aromatic rings. The van der Waals surface area contributed by atoms with Gasteiger partial charge in [-0.2, -0.15) is 0 Å². The molecule has 1 fully saturated rings. The van der Waals surface area contributed by atoms with E-state index >= 15 is 0 Å². The third-order valence-electron chi connectivity index (χ3n) is 5.17. The lowest BCUT2D eigenvalue weighted by molar-refractivity contribution is -0.383. The summed E-state index contributed by atoms with van der Waals surface area (Å²) in [5, 5.41) is 19.4. The van der Waals surface area contributed by atoms with E-state index in [0.717, 1.165) is 6.26 Å². The molecule has 2 heterocycles. The lowest BCUT2D eigenvalue weighted by Gasteiger charge is -2.32. The van der Waals surface area contributed by atoms with Gasteiger partial charge in [0.15, 0.2) is 9.84 Å². The van der Waals surface area contributed by atoms with E-state index < -0.39 is 20.2 Å². The molecule has 0 unspecified atom stereocenters. The van der Waals surface area contributed by atoms with Gasteiger partial charge in [0.05, 0.1) is 15.2 Å². The molecule has 3 rings (SSSR count). The second-order valence-corrected chi connectivity index (χ2v) is 11.1. The van der Waals surface area contributed by atoms with Gasteiger partial charge in [-0.15, -0.1) is 5.06 Å². The van der Waals surface area contributed by atoms with Crippen LogP contribution in [0, 0.1) is 15.5 Å². The third kappa shape index (κ3) is 6.38. The van der Waals surface area contributed by atoms with Gasteiger partial charge in [0.2, 0.25) is 11.6 Å². The fourth-order valence-electron chi connectivity index (χ4n) is 3.21. The van der Waals surface area contributed by atoms with Crippen molar-refractivity contribution in [1.29, 1.82) is 0 Å². The minimum atomic E-state index is -3.36. The van der Waals surface area contributed by atoms with Crippen LogP contribution in [0.2, 0.25) is 0 Å². The predicted octanol–water partition coefficient (Wildman–Crippen LogP) is 2.91. The molecule has 1 saturated heterocycles. The van der Waals surface area contributed by atoms with Crippen molar-refractivity contribution in [3.8, 4) is 0 Å². The van der Waals surface area contributed by atoms with E-state index in [1.54, 1.807) is 25.8 Å². The highest BCUT2D eigenvalue weighted by molar-refractivity contribution is 7.90. The highest BCUT2D eigenvalue weighted by atomic mass is 32.2. The Hall–Kier alpha value is -3.32. The summed E-state index contributed by atoms with van der Waals surface area (Å²) in [7, 11) is -3.36. The molecule has 2 N–H and O–H groups in total. The van der Waals surface area contributed by atoms with E-state index in [9.17, 15) is 23.3 Å². The molecule has 34 heavy (non-hydrogen) atoms. The SMILES string of the molecule is CC(C)(C)C(=O)ON1CCC(Nc2ncnc(Nc3ccc(S(C)(=O)=O)cc3)c2[N+](=O)[O-])CC1. The Morgan fingerprint density at radius 3 is 2.26 bits per heavy atom. The maximum Gasteiger partial charge on any atom is 0.353 e. The molecule has 0 aliphatic carbocycles. The van der Waals surface area contributed by atoms with E-state index in [2.05, 4.69) is 20.6 Å². The summed E-state index contributed by atoms with van der Waals surface area (Å²) < 4.78 is 23.3. The first-order chi connectivity index (χ1) is 15.8. The summed E-state index contributed by atoms with van der Waals surface area (Å²) in [5.41, 5.74) is -0.490. The van der Waals surface area contributed by atoms with Crippen molar-refractivity contribution in [2.45, 2.75) is 44.6 Å². The Morgan fingerprint density at radius 2 is 1.74 bits per heavy atom. The van der Waals surface area contributed by atoms with Crippen LogP contribution >= 0.6 is 0 Å². The van der Waals surface area contributed by atoms with Crippen LogP contribution in [0.5, 0.6) is 0 Å². The van der Waals surface area contributed by atoms with E-state index in [0.29, 0.717) is 31.6 Å². The predicted molar refractivity (Wildman–Crippen MR) is 125 cm³/mol. The van der Waals surface area contributed by atoms with Crippen molar-refractivity contribution in [3.63, 3.8) is 0 Å². The first kappa shape index (κ1) is 25.3. The van der Waals surface area contributed by atoms with Crippen LogP contribution < -0.4 is 10.6 Å². The van der Waals surface area contributed by atoms with Crippen molar-refractivity contribution in [3.05, 3.63) is 40.7 Å². The van der Waals surface area contributed by atoms with Gasteiger partial charge in [-0.3, -0.25) is 10.1 Å². The topological polar surface area (TPSA) is 157 Å². The molecular weight excluding hydrogens is 464 g/mol. The Kier molecular flexibility index (Phi) is 7.36. The number of nitrogens with one attached hydrogen (secondary N) is 2. The molecular formula is C21H28N6O6S. The second-order valence-electron chi connectivity index (χ2n) is 9.07. The minimum Gasteiger partial charge on any atom is -0.367 e. The smallest absolute Gasteiger partial charge is 0.353 e. The minimum absolute atomic E-state index is 0.0221. The standard InChI is InChI=1S/C21H28N6O6S/c1-21(2,3)20(28)33-26-11-9-15(10-12-26)25-19-17(27(29)30)18(22-13-23-19)24-14-5-7-16(8-6-14)34(4,31)32/h5-8,13,15H,9-12H2,1-4H3,(H2,22,23,24,25). The Labute approximate surface area is 197 Å². The van der Waals surface area contributed by atoms with Crippen LogP contribution in [0.15, 0.2) is 35.5 Å². The van der Waals surface area contributed by atoms with Crippen molar-refractivity contribution < 1.29 is 23.0 Å². The van der Waals surface area contributed by atoms with Crippen LogP contribution in [-0.4, -0.2) is 59.7 Å². The van der Waals surface area contributed by atoms with Gasteiger partial charge in [-0.05, 0) is 57.9 Å². The van der Waals surface area contributed by atoms with E-state index in [4.69, 9.17) is 4.84 Å². The summed E-state index contributed by atoms with van der Waals surface area (Å²) in [4.78, 5) is 36.9. The number of hydrogen-bond donors (Lipinski definition) is 2. The number of rotatable bonds is 7. The second kappa shape index (κ2) is 9.89. The lowest BCUT2D eigenvalue weighted by Crippen LogP contribution is -2.42. The number of aromatic nitrogens is 2. The maximum atomic E-state index is 12.1. The third-order valence-corrected chi connectivity index (χ3v) is 6.30.